The molecule has 66 valence electrons. The lowest BCUT2D eigenvalue weighted by Crippen LogP contribution is -1.94. The second kappa shape index (κ2) is 3.09. The highest BCUT2D eigenvalue weighted by Crippen LogP contribution is 2.27. The fourth-order valence-electron chi connectivity index (χ4n) is 1.00. The number of halogens is 2. The van der Waals surface area contributed by atoms with Gasteiger partial charge in [-0.15, -0.1) is 0 Å². The Labute approximate surface area is 69.7 Å². The second-order valence-corrected chi connectivity index (χ2v) is 2.95. The Morgan fingerprint density at radius 2 is 1.83 bits per heavy atom. The van der Waals surface area contributed by atoms with Crippen molar-refractivity contribution in [1.29, 1.82) is 0 Å². The molecule has 0 atom stereocenters. The minimum atomic E-state index is -0.920. The number of rotatable bonds is 1. The van der Waals surface area contributed by atoms with E-state index in [1.807, 2.05) is 0 Å². The van der Waals surface area contributed by atoms with Crippen molar-refractivity contribution < 1.29 is 13.9 Å². The van der Waals surface area contributed by atoms with E-state index in [-0.39, 0.29) is 5.92 Å². The highest BCUT2D eigenvalue weighted by Gasteiger charge is 2.13. The third kappa shape index (κ3) is 1.40. The SMILES string of the molecule is CC(C)c1ccc(F)c(O)c1F. The molecule has 0 aliphatic carbocycles. The van der Waals surface area contributed by atoms with Gasteiger partial charge in [-0.1, -0.05) is 19.9 Å². The summed E-state index contributed by atoms with van der Waals surface area (Å²) >= 11 is 0. The van der Waals surface area contributed by atoms with Crippen molar-refractivity contribution in [2.24, 2.45) is 0 Å². The summed E-state index contributed by atoms with van der Waals surface area (Å²) in [4.78, 5) is 0. The first-order chi connectivity index (χ1) is 5.54. The van der Waals surface area contributed by atoms with E-state index in [1.165, 1.54) is 6.07 Å². The number of phenolic OH excluding ortho intramolecular Hbond substituents is 1. The molecule has 0 spiro atoms. The van der Waals surface area contributed by atoms with Gasteiger partial charge in [0.2, 0.25) is 0 Å². The van der Waals surface area contributed by atoms with Crippen molar-refractivity contribution >= 4 is 0 Å². The molecule has 0 unspecified atom stereocenters. The summed E-state index contributed by atoms with van der Waals surface area (Å²) in [6.45, 7) is 3.55. The molecule has 0 aliphatic rings. The normalized spacial score (nSPS) is 10.8. The van der Waals surface area contributed by atoms with Crippen LogP contribution in [-0.4, -0.2) is 5.11 Å². The van der Waals surface area contributed by atoms with Crippen LogP contribution >= 0.6 is 0 Å². The van der Waals surface area contributed by atoms with Crippen LogP contribution in [0.15, 0.2) is 12.1 Å². The number of benzene rings is 1. The fourth-order valence-corrected chi connectivity index (χ4v) is 1.00. The molecule has 1 N–H and O–H groups in total. The number of phenols is 1. The van der Waals surface area contributed by atoms with Gasteiger partial charge >= 0.3 is 0 Å². The van der Waals surface area contributed by atoms with E-state index < -0.39 is 17.4 Å². The third-order valence-electron chi connectivity index (χ3n) is 1.72. The molecule has 0 saturated carbocycles. The Morgan fingerprint density at radius 1 is 1.25 bits per heavy atom. The molecular weight excluding hydrogens is 162 g/mol. The molecular formula is C9H10F2O. The topological polar surface area (TPSA) is 20.2 Å². The number of hydrogen-bond acceptors (Lipinski definition) is 1. The molecule has 1 aromatic rings. The van der Waals surface area contributed by atoms with Crippen molar-refractivity contribution in [3.63, 3.8) is 0 Å². The van der Waals surface area contributed by atoms with Crippen LogP contribution in [-0.2, 0) is 0 Å². The molecule has 0 aliphatic heterocycles. The standard InChI is InChI=1S/C9H10F2O/c1-5(2)6-3-4-7(10)9(12)8(6)11/h3-5,12H,1-2H3. The van der Waals surface area contributed by atoms with E-state index in [4.69, 9.17) is 5.11 Å². The lowest BCUT2D eigenvalue weighted by Gasteiger charge is -2.07. The Morgan fingerprint density at radius 3 is 2.33 bits per heavy atom. The van der Waals surface area contributed by atoms with Gasteiger partial charge in [0, 0.05) is 0 Å². The third-order valence-corrected chi connectivity index (χ3v) is 1.72. The van der Waals surface area contributed by atoms with E-state index in [9.17, 15) is 8.78 Å². The Balaban J connectivity index is 3.27. The first-order valence-electron chi connectivity index (χ1n) is 3.71. The monoisotopic (exact) mass is 172 g/mol. The summed E-state index contributed by atoms with van der Waals surface area (Å²) < 4.78 is 25.6. The largest absolute Gasteiger partial charge is 0.503 e. The first kappa shape index (κ1) is 8.97. The summed E-state index contributed by atoms with van der Waals surface area (Å²) in [7, 11) is 0. The van der Waals surface area contributed by atoms with Crippen LogP contribution in [0.3, 0.4) is 0 Å². The summed E-state index contributed by atoms with van der Waals surface area (Å²) in [5.74, 6) is -2.72. The molecule has 0 amide bonds. The van der Waals surface area contributed by atoms with Gasteiger partial charge in [-0.3, -0.25) is 0 Å². The van der Waals surface area contributed by atoms with Gasteiger partial charge in [-0.25, -0.2) is 8.78 Å². The van der Waals surface area contributed by atoms with Gasteiger partial charge in [0.1, 0.15) is 0 Å². The zero-order valence-electron chi connectivity index (χ0n) is 6.94. The zero-order valence-corrected chi connectivity index (χ0v) is 6.94. The molecule has 0 fully saturated rings. The van der Waals surface area contributed by atoms with Crippen molar-refractivity contribution in [2.45, 2.75) is 19.8 Å². The first-order valence-corrected chi connectivity index (χ1v) is 3.71. The molecule has 0 bridgehead atoms. The van der Waals surface area contributed by atoms with Crippen molar-refractivity contribution in [3.05, 3.63) is 29.3 Å². The van der Waals surface area contributed by atoms with E-state index in [1.54, 1.807) is 13.8 Å². The lowest BCUT2D eigenvalue weighted by molar-refractivity contribution is 0.391. The molecule has 3 heteroatoms. The smallest absolute Gasteiger partial charge is 0.188 e. The molecule has 0 heterocycles. The average molecular weight is 172 g/mol. The van der Waals surface area contributed by atoms with E-state index in [0.29, 0.717) is 5.56 Å². The van der Waals surface area contributed by atoms with E-state index >= 15 is 0 Å². The fraction of sp³-hybridized carbons (Fsp3) is 0.333. The highest BCUT2D eigenvalue weighted by molar-refractivity contribution is 5.33. The maximum Gasteiger partial charge on any atom is 0.188 e. The number of aromatic hydroxyl groups is 1. The zero-order chi connectivity index (χ0) is 9.30. The van der Waals surface area contributed by atoms with Crippen LogP contribution in [0.4, 0.5) is 8.78 Å². The van der Waals surface area contributed by atoms with Crippen LogP contribution in [0.1, 0.15) is 25.3 Å². The predicted molar refractivity (Wildman–Crippen MR) is 42.1 cm³/mol. The highest BCUT2D eigenvalue weighted by atomic mass is 19.1. The molecule has 0 radical (unpaired) electrons. The quantitative estimate of drug-likeness (QED) is 0.690. The van der Waals surface area contributed by atoms with Gasteiger partial charge in [-0.05, 0) is 17.5 Å². The van der Waals surface area contributed by atoms with E-state index in [2.05, 4.69) is 0 Å². The lowest BCUT2D eigenvalue weighted by atomic mass is 10.0. The van der Waals surface area contributed by atoms with Crippen molar-refractivity contribution in [3.8, 4) is 5.75 Å². The Hall–Kier alpha value is -1.12. The maximum atomic E-state index is 13.0. The Bertz CT molecular complexity index is 295. The molecule has 1 nitrogen and oxygen atoms in total. The van der Waals surface area contributed by atoms with Crippen LogP contribution in [0, 0.1) is 11.6 Å². The van der Waals surface area contributed by atoms with Gasteiger partial charge < -0.3 is 5.11 Å². The predicted octanol–water partition coefficient (Wildman–Crippen LogP) is 2.79. The number of hydrogen-bond donors (Lipinski definition) is 1. The van der Waals surface area contributed by atoms with Gasteiger partial charge in [0.25, 0.3) is 0 Å². The van der Waals surface area contributed by atoms with E-state index in [0.717, 1.165) is 6.07 Å². The minimum absolute atomic E-state index is 0.0588. The maximum absolute atomic E-state index is 13.0. The van der Waals surface area contributed by atoms with Gasteiger partial charge in [-0.2, -0.15) is 0 Å². The van der Waals surface area contributed by atoms with Crippen LogP contribution in [0.5, 0.6) is 5.75 Å². The van der Waals surface area contributed by atoms with Crippen LogP contribution < -0.4 is 0 Å². The summed E-state index contributed by atoms with van der Waals surface area (Å²) in [6, 6.07) is 2.41. The van der Waals surface area contributed by atoms with Crippen molar-refractivity contribution in [1.82, 2.24) is 0 Å². The second-order valence-electron chi connectivity index (χ2n) is 2.95. The van der Waals surface area contributed by atoms with Crippen LogP contribution in [0.2, 0.25) is 0 Å². The van der Waals surface area contributed by atoms with Gasteiger partial charge in [0.15, 0.2) is 17.4 Å². The Kier molecular flexibility index (Phi) is 2.31. The van der Waals surface area contributed by atoms with Crippen LogP contribution in [0.25, 0.3) is 0 Å². The van der Waals surface area contributed by atoms with Gasteiger partial charge in [0.05, 0.1) is 0 Å². The minimum Gasteiger partial charge on any atom is -0.503 e. The molecule has 12 heavy (non-hydrogen) atoms. The molecule has 1 aromatic carbocycles. The summed E-state index contributed by atoms with van der Waals surface area (Å²) in [5.41, 5.74) is 0.328. The van der Waals surface area contributed by atoms with Crippen molar-refractivity contribution in [2.75, 3.05) is 0 Å². The average Bonchev–Trinajstić information content (AvgIpc) is 2.00. The summed E-state index contributed by atoms with van der Waals surface area (Å²) in [6.07, 6.45) is 0. The molecule has 1 rings (SSSR count). The summed E-state index contributed by atoms with van der Waals surface area (Å²) in [5, 5.41) is 8.89. The molecule has 0 aromatic heterocycles. The molecule has 0 saturated heterocycles.